The first-order valence-electron chi connectivity index (χ1n) is 2.92. The number of hydrogen-bond donors (Lipinski definition) is 6. The molecule has 0 aliphatic heterocycles. The zero-order chi connectivity index (χ0) is 12.0. The fraction of sp³-hybridized carbons (Fsp3) is 1.00. The van der Waals surface area contributed by atoms with Crippen molar-refractivity contribution in [2.45, 2.75) is 11.6 Å². The minimum Gasteiger partial charge on any atom is -0.323 e. The largest absolute Gasteiger partial charge is 0.355 e. The van der Waals surface area contributed by atoms with Gasteiger partial charge in [0.15, 0.2) is 0 Å². The van der Waals surface area contributed by atoms with E-state index < -0.39 is 27.4 Å². The number of hydrogen-bond acceptors (Lipinski definition) is 3. The maximum absolute atomic E-state index is 10.7. The van der Waals surface area contributed by atoms with Crippen LogP contribution in [0.25, 0.3) is 0 Å². The van der Waals surface area contributed by atoms with Crippen LogP contribution < -0.4 is 0 Å². The van der Waals surface area contributed by atoms with Gasteiger partial charge in [-0.2, -0.15) is 0 Å². The van der Waals surface area contributed by atoms with Crippen molar-refractivity contribution >= 4 is 22.8 Å². The van der Waals surface area contributed by atoms with E-state index in [0.29, 0.717) is 0 Å². The predicted octanol–water partition coefficient (Wildman–Crippen LogP) is -0.807. The molecule has 14 heavy (non-hydrogen) atoms. The molecule has 0 aliphatic rings. The lowest BCUT2D eigenvalue weighted by Gasteiger charge is -2.30. The molecule has 0 saturated heterocycles. The molecule has 0 unspecified atom stereocenters. The van der Waals surface area contributed by atoms with Gasteiger partial charge >= 0.3 is 22.8 Å². The summed E-state index contributed by atoms with van der Waals surface area (Å²) < 4.78 is 28.3. The summed E-state index contributed by atoms with van der Waals surface area (Å²) in [5, 5.41) is 0. The minimum atomic E-state index is -5.66. The highest BCUT2D eigenvalue weighted by atomic mass is 31.3. The molecule has 0 atom stereocenters. The molecule has 12 heteroatoms. The van der Waals surface area contributed by atoms with Gasteiger partial charge in [0.1, 0.15) is 0 Å². The summed E-state index contributed by atoms with van der Waals surface area (Å²) in [4.78, 5) is 51.2. The van der Waals surface area contributed by atoms with E-state index in [-0.39, 0.29) is 6.92 Å². The molecule has 0 radical (unpaired) electrons. The van der Waals surface area contributed by atoms with Crippen molar-refractivity contribution in [1.29, 1.82) is 0 Å². The van der Waals surface area contributed by atoms with Gasteiger partial charge in [0.25, 0.3) is 4.64 Å². The molecule has 0 aliphatic carbocycles. The van der Waals surface area contributed by atoms with Gasteiger partial charge in [0, 0.05) is 0 Å². The van der Waals surface area contributed by atoms with Crippen LogP contribution in [-0.2, 0) is 13.7 Å². The van der Waals surface area contributed by atoms with Crippen molar-refractivity contribution in [1.82, 2.24) is 0 Å². The summed E-state index contributed by atoms with van der Waals surface area (Å²) in [5.41, 5.74) is 0. The lowest BCUT2D eigenvalue weighted by atomic mass is 10.9. The molecule has 86 valence electrons. The first kappa shape index (κ1) is 14.5. The van der Waals surface area contributed by atoms with Crippen molar-refractivity contribution in [3.8, 4) is 0 Å². The number of rotatable bonds is 3. The third-order valence-electron chi connectivity index (χ3n) is 1.66. The molecule has 0 rings (SSSR count). The van der Waals surface area contributed by atoms with Crippen molar-refractivity contribution in [3.05, 3.63) is 0 Å². The molecule has 0 aromatic heterocycles. The first-order chi connectivity index (χ1) is 5.75. The van der Waals surface area contributed by atoms with Gasteiger partial charge in [0.05, 0.1) is 0 Å². The van der Waals surface area contributed by atoms with Gasteiger partial charge in [0.2, 0.25) is 0 Å². The molecular formula is C2H9O9P3. The molecule has 0 saturated carbocycles. The van der Waals surface area contributed by atoms with Gasteiger partial charge in [-0.3, -0.25) is 13.7 Å². The smallest absolute Gasteiger partial charge is 0.323 e. The van der Waals surface area contributed by atoms with Gasteiger partial charge in [-0.1, -0.05) is 0 Å². The minimum absolute atomic E-state index is 0.148. The van der Waals surface area contributed by atoms with Crippen LogP contribution in [0.15, 0.2) is 0 Å². The lowest BCUT2D eigenvalue weighted by Crippen LogP contribution is -2.24. The maximum Gasteiger partial charge on any atom is 0.355 e. The van der Waals surface area contributed by atoms with Crippen LogP contribution in [0.1, 0.15) is 6.92 Å². The molecular weight excluding hydrogens is 261 g/mol. The van der Waals surface area contributed by atoms with Gasteiger partial charge in [-0.15, -0.1) is 0 Å². The highest BCUT2D eigenvalue weighted by molar-refractivity contribution is 7.88. The fourth-order valence-electron chi connectivity index (χ4n) is 0.509. The van der Waals surface area contributed by atoms with Crippen molar-refractivity contribution < 1.29 is 43.1 Å². The van der Waals surface area contributed by atoms with Gasteiger partial charge in [-0.05, 0) is 6.92 Å². The van der Waals surface area contributed by atoms with Crippen molar-refractivity contribution in [3.63, 3.8) is 0 Å². The highest BCUT2D eigenvalue weighted by Gasteiger charge is 2.68. The van der Waals surface area contributed by atoms with E-state index in [9.17, 15) is 13.7 Å². The van der Waals surface area contributed by atoms with E-state index in [4.69, 9.17) is 29.4 Å². The van der Waals surface area contributed by atoms with Crippen LogP contribution in [0, 0.1) is 0 Å². The highest BCUT2D eigenvalue weighted by Crippen LogP contribution is 2.82. The fourth-order valence-corrected chi connectivity index (χ4v) is 4.58. The second-order valence-corrected chi connectivity index (χ2v) is 9.61. The summed E-state index contributed by atoms with van der Waals surface area (Å²) in [6, 6.07) is 0. The van der Waals surface area contributed by atoms with E-state index in [1.165, 1.54) is 0 Å². The third-order valence-corrected chi connectivity index (χ3v) is 9.66. The zero-order valence-electron chi connectivity index (χ0n) is 6.75. The van der Waals surface area contributed by atoms with Crippen LogP contribution >= 0.6 is 22.8 Å². The van der Waals surface area contributed by atoms with Crippen molar-refractivity contribution in [2.24, 2.45) is 0 Å². The Balaban J connectivity index is 5.95. The average molecular weight is 270 g/mol. The average Bonchev–Trinajstić information content (AvgIpc) is 1.77. The van der Waals surface area contributed by atoms with Crippen LogP contribution in [-0.4, -0.2) is 34.0 Å². The van der Waals surface area contributed by atoms with Crippen LogP contribution in [0.4, 0.5) is 0 Å². The molecule has 0 fully saturated rings. The SMILES string of the molecule is CC(P(=O)(O)O)(P(=O)(O)O)P(=O)(O)O. The third kappa shape index (κ3) is 2.17. The molecule has 0 bridgehead atoms. The monoisotopic (exact) mass is 270 g/mol. The summed E-state index contributed by atoms with van der Waals surface area (Å²) in [6.45, 7) is 0.148. The molecule has 0 aromatic carbocycles. The van der Waals surface area contributed by atoms with E-state index >= 15 is 0 Å². The molecule has 0 heterocycles. The van der Waals surface area contributed by atoms with Crippen LogP contribution in [0.5, 0.6) is 0 Å². The quantitative estimate of drug-likeness (QED) is 0.358. The van der Waals surface area contributed by atoms with Crippen LogP contribution in [0.3, 0.4) is 0 Å². The standard InChI is InChI=1S/C2H9O9P3/c1-2(12(3,4)5,13(6,7)8)14(9,10)11/h1H3,(H2,3,4,5)(H2,6,7,8)(H2,9,10,11). The molecule has 0 spiro atoms. The van der Waals surface area contributed by atoms with Gasteiger partial charge < -0.3 is 29.4 Å². The Labute approximate surface area is 78.3 Å². The second-order valence-electron chi connectivity index (χ2n) is 2.60. The summed E-state index contributed by atoms with van der Waals surface area (Å²) in [5.74, 6) is 0. The van der Waals surface area contributed by atoms with E-state index in [1.54, 1.807) is 0 Å². The molecule has 0 amide bonds. The maximum atomic E-state index is 10.7. The normalized spacial score (nSPS) is 15.6. The summed E-state index contributed by atoms with van der Waals surface area (Å²) in [6.07, 6.45) is 0. The topological polar surface area (TPSA) is 173 Å². The Morgan fingerprint density at radius 3 is 0.857 bits per heavy atom. The molecule has 0 aromatic rings. The van der Waals surface area contributed by atoms with Crippen LogP contribution in [0.2, 0.25) is 0 Å². The first-order valence-corrected chi connectivity index (χ1v) is 7.76. The Morgan fingerprint density at radius 1 is 0.714 bits per heavy atom. The van der Waals surface area contributed by atoms with E-state index in [2.05, 4.69) is 0 Å². The molecule has 6 N–H and O–H groups in total. The Bertz CT molecular complexity index is 297. The van der Waals surface area contributed by atoms with E-state index in [0.717, 1.165) is 0 Å². The zero-order valence-corrected chi connectivity index (χ0v) is 9.43. The van der Waals surface area contributed by atoms with Crippen molar-refractivity contribution in [2.75, 3.05) is 0 Å². The summed E-state index contributed by atoms with van der Waals surface area (Å²) in [7, 11) is -17.0. The van der Waals surface area contributed by atoms with E-state index in [1.807, 2.05) is 0 Å². The Hall–Kier alpha value is 0.450. The van der Waals surface area contributed by atoms with Gasteiger partial charge in [-0.25, -0.2) is 0 Å². The predicted molar refractivity (Wildman–Crippen MR) is 44.5 cm³/mol. The summed E-state index contributed by atoms with van der Waals surface area (Å²) >= 11 is 0. The lowest BCUT2D eigenvalue weighted by molar-refractivity contribution is 0.305. The second kappa shape index (κ2) is 3.49. The Morgan fingerprint density at radius 2 is 0.857 bits per heavy atom. The molecule has 9 nitrogen and oxygen atoms in total. The Kier molecular flexibility index (Phi) is 3.60.